The van der Waals surface area contributed by atoms with Crippen LogP contribution in [-0.4, -0.2) is 12.4 Å². The number of benzene rings is 3. The van der Waals surface area contributed by atoms with Crippen LogP contribution in [0.5, 0.6) is 17.2 Å². The fourth-order valence-corrected chi connectivity index (χ4v) is 3.33. The number of hydrogen-bond acceptors (Lipinski definition) is 4. The van der Waals surface area contributed by atoms with Crippen molar-refractivity contribution in [2.24, 2.45) is 5.92 Å². The van der Waals surface area contributed by atoms with E-state index in [0.717, 1.165) is 5.56 Å². The van der Waals surface area contributed by atoms with Gasteiger partial charge in [-0.1, -0.05) is 55.8 Å². The van der Waals surface area contributed by atoms with Crippen LogP contribution in [0, 0.1) is 5.92 Å². The predicted molar refractivity (Wildman–Crippen MR) is 121 cm³/mol. The van der Waals surface area contributed by atoms with Gasteiger partial charge in [0.25, 0.3) is 0 Å². The second kappa shape index (κ2) is 10.6. The Balaban J connectivity index is 1.95. The topological polar surface area (TPSA) is 64.6 Å². The van der Waals surface area contributed by atoms with Crippen LogP contribution in [-0.2, 0) is 9.59 Å². The van der Waals surface area contributed by atoms with E-state index in [2.05, 4.69) is 5.32 Å². The number of esters is 1. The lowest BCUT2D eigenvalue weighted by atomic mass is 9.97. The molecule has 1 atom stereocenters. The molecule has 0 heterocycles. The van der Waals surface area contributed by atoms with E-state index in [-0.39, 0.29) is 18.3 Å². The lowest BCUT2D eigenvalue weighted by Gasteiger charge is -2.21. The van der Waals surface area contributed by atoms with E-state index >= 15 is 0 Å². The van der Waals surface area contributed by atoms with Gasteiger partial charge in [-0.2, -0.15) is 0 Å². The Kier molecular flexibility index (Phi) is 7.68. The first-order valence-electron chi connectivity index (χ1n) is 9.99. The summed E-state index contributed by atoms with van der Waals surface area (Å²) in [6.07, 6.45) is 0.893. The van der Waals surface area contributed by atoms with Gasteiger partial charge in [0.2, 0.25) is 6.41 Å². The molecule has 0 aliphatic rings. The summed E-state index contributed by atoms with van der Waals surface area (Å²) in [5, 5.41) is 3.27. The molecular formula is C25H24ClNO4. The summed E-state index contributed by atoms with van der Waals surface area (Å²) in [6, 6.07) is 21.1. The van der Waals surface area contributed by atoms with Crippen LogP contribution >= 0.6 is 11.6 Å². The standard InChI is InChI=1S/C25H24ClNO4/c1-17(2)13-24(29)31-23-12-11-19(26)15-22(23)25(27-16-28)18-7-6-10-21(14-18)30-20-8-4-3-5-9-20/h3-12,14-17,25H,13H2,1-2H3,(H,27,28). The van der Waals surface area contributed by atoms with E-state index in [0.29, 0.717) is 34.2 Å². The van der Waals surface area contributed by atoms with Gasteiger partial charge in [-0.15, -0.1) is 0 Å². The molecule has 3 aromatic rings. The van der Waals surface area contributed by atoms with E-state index < -0.39 is 6.04 Å². The molecule has 3 aromatic carbocycles. The Morgan fingerprint density at radius 2 is 1.74 bits per heavy atom. The van der Waals surface area contributed by atoms with Crippen molar-refractivity contribution in [1.82, 2.24) is 5.32 Å². The Morgan fingerprint density at radius 3 is 2.45 bits per heavy atom. The highest BCUT2D eigenvalue weighted by Crippen LogP contribution is 2.34. The summed E-state index contributed by atoms with van der Waals surface area (Å²) >= 11 is 6.23. The van der Waals surface area contributed by atoms with Gasteiger partial charge in [-0.25, -0.2) is 0 Å². The molecule has 0 aromatic heterocycles. The number of carbonyl (C=O) groups is 2. The molecule has 0 radical (unpaired) electrons. The minimum Gasteiger partial charge on any atom is -0.457 e. The number of hydrogen-bond donors (Lipinski definition) is 1. The van der Waals surface area contributed by atoms with Crippen molar-refractivity contribution in [2.45, 2.75) is 26.3 Å². The average Bonchev–Trinajstić information content (AvgIpc) is 2.74. The van der Waals surface area contributed by atoms with Gasteiger partial charge >= 0.3 is 5.97 Å². The second-order valence-electron chi connectivity index (χ2n) is 7.46. The van der Waals surface area contributed by atoms with Crippen LogP contribution in [0.3, 0.4) is 0 Å². The first kappa shape index (κ1) is 22.4. The largest absolute Gasteiger partial charge is 0.457 e. The molecule has 0 aliphatic carbocycles. The zero-order chi connectivity index (χ0) is 22.2. The third kappa shape index (κ3) is 6.33. The molecule has 0 saturated carbocycles. The first-order valence-corrected chi connectivity index (χ1v) is 10.4. The number of nitrogens with one attached hydrogen (secondary N) is 1. The van der Waals surface area contributed by atoms with Gasteiger partial charge in [-0.3, -0.25) is 9.59 Å². The minimum atomic E-state index is -0.586. The zero-order valence-electron chi connectivity index (χ0n) is 17.4. The van der Waals surface area contributed by atoms with Gasteiger partial charge in [0, 0.05) is 17.0 Å². The summed E-state index contributed by atoms with van der Waals surface area (Å²) in [7, 11) is 0. The van der Waals surface area contributed by atoms with Crippen molar-refractivity contribution in [3.8, 4) is 17.2 Å². The molecular weight excluding hydrogens is 414 g/mol. The summed E-state index contributed by atoms with van der Waals surface area (Å²) in [5.41, 5.74) is 1.33. The van der Waals surface area contributed by atoms with Gasteiger partial charge in [0.05, 0.1) is 6.04 Å². The average molecular weight is 438 g/mol. The van der Waals surface area contributed by atoms with Gasteiger partial charge in [0.1, 0.15) is 17.2 Å². The van der Waals surface area contributed by atoms with Gasteiger partial charge < -0.3 is 14.8 Å². The molecule has 31 heavy (non-hydrogen) atoms. The summed E-state index contributed by atoms with van der Waals surface area (Å²) < 4.78 is 11.5. The maximum absolute atomic E-state index is 12.3. The predicted octanol–water partition coefficient (Wildman–Crippen LogP) is 5.92. The van der Waals surface area contributed by atoms with Crippen LogP contribution in [0.25, 0.3) is 0 Å². The molecule has 1 amide bonds. The van der Waals surface area contributed by atoms with Crippen LogP contribution < -0.4 is 14.8 Å². The molecule has 1 N–H and O–H groups in total. The number of rotatable bonds is 9. The second-order valence-corrected chi connectivity index (χ2v) is 7.90. The number of ether oxygens (including phenoxy) is 2. The number of carbonyl (C=O) groups excluding carboxylic acids is 2. The first-order chi connectivity index (χ1) is 15.0. The van der Waals surface area contributed by atoms with Crippen molar-refractivity contribution in [3.05, 3.63) is 88.9 Å². The maximum atomic E-state index is 12.3. The van der Waals surface area contributed by atoms with Crippen molar-refractivity contribution in [3.63, 3.8) is 0 Å². The lowest BCUT2D eigenvalue weighted by Crippen LogP contribution is -2.22. The highest BCUT2D eigenvalue weighted by atomic mass is 35.5. The zero-order valence-corrected chi connectivity index (χ0v) is 18.1. The molecule has 5 nitrogen and oxygen atoms in total. The number of para-hydroxylation sites is 1. The fraction of sp³-hybridized carbons (Fsp3) is 0.200. The van der Waals surface area contributed by atoms with E-state index in [1.54, 1.807) is 18.2 Å². The van der Waals surface area contributed by atoms with E-state index in [1.807, 2.05) is 68.4 Å². The van der Waals surface area contributed by atoms with Crippen LogP contribution in [0.4, 0.5) is 0 Å². The molecule has 0 bridgehead atoms. The Bertz CT molecular complexity index is 1040. The summed E-state index contributed by atoms with van der Waals surface area (Å²) in [4.78, 5) is 23.7. The van der Waals surface area contributed by atoms with Crippen molar-refractivity contribution < 1.29 is 19.1 Å². The van der Waals surface area contributed by atoms with Crippen LogP contribution in [0.1, 0.15) is 37.4 Å². The van der Waals surface area contributed by atoms with E-state index in [9.17, 15) is 9.59 Å². The molecule has 0 spiro atoms. The molecule has 3 rings (SSSR count). The molecule has 1 unspecified atom stereocenters. The number of halogens is 1. The Morgan fingerprint density at radius 1 is 1.00 bits per heavy atom. The van der Waals surface area contributed by atoms with Gasteiger partial charge in [0.15, 0.2) is 0 Å². The summed E-state index contributed by atoms with van der Waals surface area (Å²) in [5.74, 6) is 1.49. The number of amides is 1. The summed E-state index contributed by atoms with van der Waals surface area (Å²) in [6.45, 7) is 3.89. The van der Waals surface area contributed by atoms with Gasteiger partial charge in [-0.05, 0) is 53.9 Å². The van der Waals surface area contributed by atoms with E-state index in [4.69, 9.17) is 21.1 Å². The molecule has 160 valence electrons. The monoisotopic (exact) mass is 437 g/mol. The lowest BCUT2D eigenvalue weighted by molar-refractivity contribution is -0.135. The quantitative estimate of drug-likeness (QED) is 0.256. The highest BCUT2D eigenvalue weighted by Gasteiger charge is 2.21. The Hall–Kier alpha value is -3.31. The molecule has 0 saturated heterocycles. The SMILES string of the molecule is CC(C)CC(=O)Oc1ccc(Cl)cc1C(NC=O)c1cccc(Oc2ccccc2)c1. The van der Waals surface area contributed by atoms with Crippen molar-refractivity contribution in [1.29, 1.82) is 0 Å². The third-order valence-electron chi connectivity index (χ3n) is 4.49. The maximum Gasteiger partial charge on any atom is 0.311 e. The Labute approximate surface area is 187 Å². The smallest absolute Gasteiger partial charge is 0.311 e. The third-order valence-corrected chi connectivity index (χ3v) is 4.72. The molecule has 0 aliphatic heterocycles. The molecule has 0 fully saturated rings. The van der Waals surface area contributed by atoms with Crippen LogP contribution in [0.2, 0.25) is 5.02 Å². The van der Waals surface area contributed by atoms with Crippen molar-refractivity contribution in [2.75, 3.05) is 0 Å². The molecule has 6 heteroatoms. The van der Waals surface area contributed by atoms with Crippen LogP contribution in [0.15, 0.2) is 72.8 Å². The fourth-order valence-electron chi connectivity index (χ4n) is 3.15. The van der Waals surface area contributed by atoms with E-state index in [1.165, 1.54) is 0 Å². The van der Waals surface area contributed by atoms with Crippen molar-refractivity contribution >= 4 is 24.0 Å². The minimum absolute atomic E-state index is 0.166. The highest BCUT2D eigenvalue weighted by molar-refractivity contribution is 6.30. The normalized spacial score (nSPS) is 11.6.